The lowest BCUT2D eigenvalue weighted by Crippen LogP contribution is -2.31. The first kappa shape index (κ1) is 16.2. The van der Waals surface area contributed by atoms with Gasteiger partial charge in [0.2, 0.25) is 0 Å². The number of nitrogens with zero attached hydrogens (tertiary/aromatic N) is 5. The molecule has 4 rings (SSSR count). The van der Waals surface area contributed by atoms with Crippen molar-refractivity contribution in [3.63, 3.8) is 0 Å². The van der Waals surface area contributed by atoms with E-state index in [1.807, 2.05) is 37.2 Å². The molecule has 3 heterocycles. The van der Waals surface area contributed by atoms with E-state index >= 15 is 0 Å². The Hall–Kier alpha value is -2.24. The van der Waals surface area contributed by atoms with Crippen LogP contribution in [0.2, 0.25) is 0 Å². The van der Waals surface area contributed by atoms with Crippen molar-refractivity contribution in [2.45, 2.75) is 32.6 Å². The number of carbonyl (C=O) groups is 1. The summed E-state index contributed by atoms with van der Waals surface area (Å²) in [4.78, 5) is 23.6. The summed E-state index contributed by atoms with van der Waals surface area (Å²) in [5.74, 6) is 2.77. The van der Waals surface area contributed by atoms with Crippen LogP contribution in [0.5, 0.6) is 0 Å². The van der Waals surface area contributed by atoms with Crippen molar-refractivity contribution < 1.29 is 4.79 Å². The van der Waals surface area contributed by atoms with Crippen molar-refractivity contribution in [1.82, 2.24) is 24.6 Å². The summed E-state index contributed by atoms with van der Waals surface area (Å²) in [5, 5.41) is 4.13. The Morgan fingerprint density at radius 2 is 2.12 bits per heavy atom. The van der Waals surface area contributed by atoms with E-state index in [4.69, 9.17) is 0 Å². The SMILES string of the molecule is Cc1nccc(C[C@H]2CCC[C@@H]3CN(C(=O)c4ccnn4C)C[C@H]23)n1. The third kappa shape index (κ3) is 3.17. The third-order valence-electron chi connectivity index (χ3n) is 5.88. The van der Waals surface area contributed by atoms with E-state index in [1.54, 1.807) is 10.9 Å². The minimum atomic E-state index is 0.117. The molecule has 25 heavy (non-hydrogen) atoms. The van der Waals surface area contributed by atoms with Crippen molar-refractivity contribution in [3.05, 3.63) is 41.7 Å². The molecule has 6 nitrogen and oxygen atoms in total. The van der Waals surface area contributed by atoms with Gasteiger partial charge in [-0.25, -0.2) is 9.97 Å². The maximum Gasteiger partial charge on any atom is 0.272 e. The smallest absolute Gasteiger partial charge is 0.272 e. The summed E-state index contributed by atoms with van der Waals surface area (Å²) >= 11 is 0. The summed E-state index contributed by atoms with van der Waals surface area (Å²) in [7, 11) is 1.83. The van der Waals surface area contributed by atoms with E-state index in [2.05, 4.69) is 15.1 Å². The molecule has 2 aromatic rings. The van der Waals surface area contributed by atoms with Gasteiger partial charge in [-0.05, 0) is 56.1 Å². The summed E-state index contributed by atoms with van der Waals surface area (Å²) in [6, 6.07) is 3.84. The number of aromatic nitrogens is 4. The highest BCUT2D eigenvalue weighted by Crippen LogP contribution is 2.41. The largest absolute Gasteiger partial charge is 0.337 e. The highest BCUT2D eigenvalue weighted by Gasteiger charge is 2.42. The van der Waals surface area contributed by atoms with Crippen LogP contribution in [-0.4, -0.2) is 43.6 Å². The van der Waals surface area contributed by atoms with Crippen LogP contribution in [0.4, 0.5) is 0 Å². The van der Waals surface area contributed by atoms with Gasteiger partial charge in [0, 0.05) is 38.2 Å². The summed E-state index contributed by atoms with van der Waals surface area (Å²) < 4.78 is 1.67. The second-order valence-electron chi connectivity index (χ2n) is 7.46. The summed E-state index contributed by atoms with van der Waals surface area (Å²) in [6.07, 6.45) is 8.26. The van der Waals surface area contributed by atoms with Crippen molar-refractivity contribution in [2.75, 3.05) is 13.1 Å². The number of fused-ring (bicyclic) bond motifs is 1. The zero-order valence-electron chi connectivity index (χ0n) is 14.9. The Kier molecular flexibility index (Phi) is 4.27. The van der Waals surface area contributed by atoms with E-state index in [0.29, 0.717) is 23.4 Å². The lowest BCUT2D eigenvalue weighted by molar-refractivity contribution is 0.0770. The Morgan fingerprint density at radius 3 is 2.88 bits per heavy atom. The molecular weight excluding hydrogens is 314 g/mol. The van der Waals surface area contributed by atoms with E-state index in [0.717, 1.165) is 31.0 Å². The van der Waals surface area contributed by atoms with Gasteiger partial charge in [0.05, 0.1) is 0 Å². The highest BCUT2D eigenvalue weighted by atomic mass is 16.2. The molecular formula is C19H25N5O. The van der Waals surface area contributed by atoms with Crippen molar-refractivity contribution >= 4 is 5.91 Å². The molecule has 0 aromatic carbocycles. The van der Waals surface area contributed by atoms with Crippen LogP contribution in [0.1, 0.15) is 41.3 Å². The lowest BCUT2D eigenvalue weighted by Gasteiger charge is -2.32. The minimum Gasteiger partial charge on any atom is -0.337 e. The molecule has 1 saturated heterocycles. The zero-order chi connectivity index (χ0) is 17.4. The maximum absolute atomic E-state index is 12.8. The maximum atomic E-state index is 12.8. The predicted octanol–water partition coefficient (Wildman–Crippen LogP) is 2.25. The first-order valence-electron chi connectivity index (χ1n) is 9.17. The molecule has 6 heteroatoms. The fourth-order valence-electron chi connectivity index (χ4n) is 4.64. The zero-order valence-corrected chi connectivity index (χ0v) is 14.9. The lowest BCUT2D eigenvalue weighted by atomic mass is 9.72. The van der Waals surface area contributed by atoms with Gasteiger partial charge in [0.15, 0.2) is 0 Å². The van der Waals surface area contributed by atoms with Gasteiger partial charge in [-0.1, -0.05) is 6.42 Å². The number of likely N-dealkylation sites (tertiary alicyclic amines) is 1. The molecule has 1 aliphatic carbocycles. The number of aryl methyl sites for hydroxylation is 2. The molecule has 3 atom stereocenters. The van der Waals surface area contributed by atoms with E-state index in [9.17, 15) is 4.79 Å². The van der Waals surface area contributed by atoms with Crippen LogP contribution in [-0.2, 0) is 13.5 Å². The Bertz CT molecular complexity index is 771. The summed E-state index contributed by atoms with van der Waals surface area (Å²) in [5.41, 5.74) is 1.82. The predicted molar refractivity (Wildman–Crippen MR) is 93.9 cm³/mol. The van der Waals surface area contributed by atoms with E-state index in [-0.39, 0.29) is 5.91 Å². The first-order chi connectivity index (χ1) is 12.1. The average molecular weight is 339 g/mol. The monoisotopic (exact) mass is 339 g/mol. The molecule has 2 aromatic heterocycles. The van der Waals surface area contributed by atoms with Gasteiger partial charge in [0.1, 0.15) is 11.5 Å². The Balaban J connectivity index is 1.48. The van der Waals surface area contributed by atoms with Crippen LogP contribution >= 0.6 is 0 Å². The molecule has 0 bridgehead atoms. The fourth-order valence-corrected chi connectivity index (χ4v) is 4.64. The van der Waals surface area contributed by atoms with Crippen molar-refractivity contribution in [3.8, 4) is 0 Å². The second kappa shape index (κ2) is 6.58. The molecule has 0 spiro atoms. The number of amides is 1. The van der Waals surface area contributed by atoms with Crippen molar-refractivity contribution in [2.24, 2.45) is 24.8 Å². The molecule has 0 unspecified atom stereocenters. The molecule has 1 aliphatic heterocycles. The molecule has 1 amide bonds. The standard InChI is InChI=1S/C19H25N5O/c1-13-20-8-6-16(22-13)10-14-4-3-5-15-11-24(12-17(14)15)19(25)18-7-9-21-23(18)2/h6-9,14-15,17H,3-5,10-12H2,1-2H3/t14-,15-,17-/m1/s1. The Morgan fingerprint density at radius 1 is 1.24 bits per heavy atom. The third-order valence-corrected chi connectivity index (χ3v) is 5.88. The highest BCUT2D eigenvalue weighted by molar-refractivity contribution is 5.92. The van der Waals surface area contributed by atoms with Crippen LogP contribution in [0, 0.1) is 24.7 Å². The van der Waals surface area contributed by atoms with Crippen LogP contribution in [0.15, 0.2) is 24.5 Å². The summed E-state index contributed by atoms with van der Waals surface area (Å²) in [6.45, 7) is 3.69. The number of hydrogen-bond donors (Lipinski definition) is 0. The van der Waals surface area contributed by atoms with Gasteiger partial charge >= 0.3 is 0 Å². The topological polar surface area (TPSA) is 63.9 Å². The van der Waals surface area contributed by atoms with E-state index in [1.165, 1.54) is 19.3 Å². The molecule has 0 N–H and O–H groups in total. The molecule has 0 radical (unpaired) electrons. The van der Waals surface area contributed by atoms with Crippen LogP contribution in [0.25, 0.3) is 0 Å². The fraction of sp³-hybridized carbons (Fsp3) is 0.579. The molecule has 2 aliphatic rings. The quantitative estimate of drug-likeness (QED) is 0.860. The molecule has 2 fully saturated rings. The van der Waals surface area contributed by atoms with Gasteiger partial charge in [-0.2, -0.15) is 5.10 Å². The van der Waals surface area contributed by atoms with Crippen LogP contribution in [0.3, 0.4) is 0 Å². The number of hydrogen-bond acceptors (Lipinski definition) is 4. The minimum absolute atomic E-state index is 0.117. The van der Waals surface area contributed by atoms with Gasteiger partial charge in [0.25, 0.3) is 5.91 Å². The van der Waals surface area contributed by atoms with Crippen LogP contribution < -0.4 is 0 Å². The molecule has 1 saturated carbocycles. The number of rotatable bonds is 3. The second-order valence-corrected chi connectivity index (χ2v) is 7.46. The normalized spacial score (nSPS) is 25.8. The van der Waals surface area contributed by atoms with Gasteiger partial charge < -0.3 is 4.90 Å². The van der Waals surface area contributed by atoms with Gasteiger partial charge in [-0.3, -0.25) is 9.48 Å². The average Bonchev–Trinajstić information content (AvgIpc) is 3.21. The van der Waals surface area contributed by atoms with Gasteiger partial charge in [-0.15, -0.1) is 0 Å². The molecule has 132 valence electrons. The van der Waals surface area contributed by atoms with Crippen molar-refractivity contribution in [1.29, 1.82) is 0 Å². The first-order valence-corrected chi connectivity index (χ1v) is 9.17. The van der Waals surface area contributed by atoms with E-state index < -0.39 is 0 Å². The Labute approximate surface area is 148 Å². The number of carbonyl (C=O) groups excluding carboxylic acids is 1.